The molecule has 6 N–H and O–H groups in total. The number of nitrogens with zero attached hydrogens (tertiary/aromatic N) is 2. The van der Waals surface area contributed by atoms with Crippen molar-refractivity contribution < 1.29 is 0 Å². The van der Waals surface area contributed by atoms with Crippen LogP contribution in [0.25, 0.3) is 0 Å². The first kappa shape index (κ1) is 28.8. The number of benzene rings is 2. The van der Waals surface area contributed by atoms with E-state index in [9.17, 15) is 0 Å². The Labute approximate surface area is 230 Å². The second kappa shape index (κ2) is 17.4. The van der Waals surface area contributed by atoms with Crippen LogP contribution in [0.15, 0.2) is 48.5 Å². The average molecular weight is 523 g/mol. The molecular formula is C30H50N8. The Morgan fingerprint density at radius 2 is 0.868 bits per heavy atom. The Hall–Kier alpha value is -2.20. The predicted octanol–water partition coefficient (Wildman–Crippen LogP) is 1.98. The molecule has 0 atom stereocenters. The van der Waals surface area contributed by atoms with Gasteiger partial charge in [0.1, 0.15) is 0 Å². The van der Waals surface area contributed by atoms with E-state index < -0.39 is 0 Å². The molecule has 210 valence electrons. The second-order valence-corrected chi connectivity index (χ2v) is 10.5. The van der Waals surface area contributed by atoms with E-state index >= 15 is 0 Å². The lowest BCUT2D eigenvalue weighted by molar-refractivity contribution is 0.233. The fraction of sp³-hybridized carbons (Fsp3) is 0.600. The van der Waals surface area contributed by atoms with Gasteiger partial charge in [-0.3, -0.25) is 9.80 Å². The number of fused-ring (bicyclic) bond motifs is 19. The lowest BCUT2D eigenvalue weighted by Crippen LogP contribution is -2.42. The molecule has 0 aliphatic carbocycles. The van der Waals surface area contributed by atoms with Crippen molar-refractivity contribution in [3.8, 4) is 0 Å². The van der Waals surface area contributed by atoms with Crippen molar-refractivity contribution in [3.05, 3.63) is 59.7 Å². The van der Waals surface area contributed by atoms with Crippen LogP contribution >= 0.6 is 0 Å². The van der Waals surface area contributed by atoms with E-state index in [2.05, 4.69) is 90.2 Å². The minimum atomic E-state index is 0.990. The molecule has 6 bridgehead atoms. The molecule has 0 spiro atoms. The summed E-state index contributed by atoms with van der Waals surface area (Å²) < 4.78 is 0. The van der Waals surface area contributed by atoms with Gasteiger partial charge in [0.15, 0.2) is 0 Å². The summed E-state index contributed by atoms with van der Waals surface area (Å²) >= 11 is 0. The van der Waals surface area contributed by atoms with Gasteiger partial charge in [0.25, 0.3) is 0 Å². The molecule has 2 aromatic rings. The highest BCUT2D eigenvalue weighted by molar-refractivity contribution is 5.46. The van der Waals surface area contributed by atoms with E-state index in [1.54, 1.807) is 0 Å². The lowest BCUT2D eigenvalue weighted by Gasteiger charge is -2.27. The smallest absolute Gasteiger partial charge is 0.0343 e. The highest BCUT2D eigenvalue weighted by Crippen LogP contribution is 2.14. The molecule has 3 heterocycles. The molecule has 8 nitrogen and oxygen atoms in total. The molecule has 0 aromatic heterocycles. The number of nitrogens with one attached hydrogen (secondary N) is 6. The van der Waals surface area contributed by atoms with E-state index in [1.807, 2.05) is 0 Å². The molecule has 38 heavy (non-hydrogen) atoms. The van der Waals surface area contributed by atoms with Gasteiger partial charge in [0.05, 0.1) is 0 Å². The maximum Gasteiger partial charge on any atom is 0.0343 e. The zero-order chi connectivity index (χ0) is 26.1. The highest BCUT2D eigenvalue weighted by Gasteiger charge is 2.11. The number of anilines is 2. The minimum absolute atomic E-state index is 0.990. The van der Waals surface area contributed by atoms with Crippen LogP contribution in [-0.2, 0) is 13.1 Å². The molecule has 3 aliphatic rings. The average Bonchev–Trinajstić information content (AvgIpc) is 2.92. The van der Waals surface area contributed by atoms with Crippen LogP contribution in [0.2, 0.25) is 0 Å². The molecule has 1 fully saturated rings. The van der Waals surface area contributed by atoms with Crippen LogP contribution in [0.3, 0.4) is 0 Å². The van der Waals surface area contributed by atoms with Crippen molar-refractivity contribution in [1.82, 2.24) is 31.1 Å². The monoisotopic (exact) mass is 522 g/mol. The first-order chi connectivity index (χ1) is 18.8. The molecule has 0 saturated carbocycles. The topological polar surface area (TPSA) is 78.7 Å². The third kappa shape index (κ3) is 11.3. The summed E-state index contributed by atoms with van der Waals surface area (Å²) in [5.74, 6) is 0. The SMILES string of the molecule is c1cc2cc(c1)NCCCNCCNCCCNc1cccc(c1)CN1CCNCCN(CCNCC1)C2. The zero-order valence-corrected chi connectivity index (χ0v) is 23.2. The summed E-state index contributed by atoms with van der Waals surface area (Å²) in [7, 11) is 0. The summed E-state index contributed by atoms with van der Waals surface area (Å²) in [6, 6.07) is 17.9. The quantitative estimate of drug-likeness (QED) is 0.314. The van der Waals surface area contributed by atoms with Crippen molar-refractivity contribution in [2.75, 3.05) is 102 Å². The van der Waals surface area contributed by atoms with E-state index in [1.165, 1.54) is 22.5 Å². The van der Waals surface area contributed by atoms with E-state index in [0.717, 1.165) is 118 Å². The van der Waals surface area contributed by atoms with Gasteiger partial charge in [0, 0.05) is 103 Å². The maximum absolute atomic E-state index is 3.70. The molecule has 0 radical (unpaired) electrons. The molecule has 8 heteroatoms. The highest BCUT2D eigenvalue weighted by atomic mass is 15.2. The van der Waals surface area contributed by atoms with Crippen molar-refractivity contribution in [1.29, 1.82) is 0 Å². The van der Waals surface area contributed by atoms with Gasteiger partial charge in [-0.1, -0.05) is 24.3 Å². The number of rotatable bonds is 0. The van der Waals surface area contributed by atoms with Crippen LogP contribution < -0.4 is 31.9 Å². The summed E-state index contributed by atoms with van der Waals surface area (Å²) in [6.07, 6.45) is 2.24. The normalized spacial score (nSPS) is 24.0. The summed E-state index contributed by atoms with van der Waals surface area (Å²) in [6.45, 7) is 16.4. The van der Waals surface area contributed by atoms with E-state index in [4.69, 9.17) is 0 Å². The Morgan fingerprint density at radius 3 is 1.32 bits per heavy atom. The Bertz CT molecular complexity index is 822. The maximum atomic E-state index is 3.70. The van der Waals surface area contributed by atoms with Crippen LogP contribution in [0.4, 0.5) is 11.4 Å². The number of hydrogen-bond acceptors (Lipinski definition) is 8. The van der Waals surface area contributed by atoms with E-state index in [0.29, 0.717) is 0 Å². The third-order valence-electron chi connectivity index (χ3n) is 7.28. The minimum Gasteiger partial charge on any atom is -0.385 e. The first-order valence-corrected chi connectivity index (χ1v) is 14.8. The van der Waals surface area contributed by atoms with Crippen molar-refractivity contribution in [2.45, 2.75) is 25.9 Å². The van der Waals surface area contributed by atoms with Gasteiger partial charge in [-0.15, -0.1) is 0 Å². The van der Waals surface area contributed by atoms with Crippen molar-refractivity contribution >= 4 is 11.4 Å². The molecular weight excluding hydrogens is 472 g/mol. The van der Waals surface area contributed by atoms with Crippen LogP contribution in [0.5, 0.6) is 0 Å². The van der Waals surface area contributed by atoms with E-state index in [-0.39, 0.29) is 0 Å². The first-order valence-electron chi connectivity index (χ1n) is 14.8. The third-order valence-corrected chi connectivity index (χ3v) is 7.28. The van der Waals surface area contributed by atoms with Gasteiger partial charge in [-0.25, -0.2) is 0 Å². The van der Waals surface area contributed by atoms with Gasteiger partial charge < -0.3 is 31.9 Å². The van der Waals surface area contributed by atoms with Crippen molar-refractivity contribution in [3.63, 3.8) is 0 Å². The summed E-state index contributed by atoms with van der Waals surface area (Å²) in [4.78, 5) is 5.14. The van der Waals surface area contributed by atoms with Gasteiger partial charge >= 0.3 is 0 Å². The van der Waals surface area contributed by atoms with Crippen LogP contribution in [-0.4, -0.2) is 101 Å². The molecule has 3 aliphatic heterocycles. The van der Waals surface area contributed by atoms with Crippen LogP contribution in [0.1, 0.15) is 24.0 Å². The standard InChI is InChI=1S/C30H50N8/c1-5-27-23-29(7-1)35-11-3-9-31-13-14-32-10-4-12-36-30-8-2-6-28(24-30)26-38-21-17-33-15-19-37(25-27)20-16-34-18-22-38/h1-2,5-8,23-24,31-36H,3-4,9-22,25-26H2. The van der Waals surface area contributed by atoms with Gasteiger partial charge in [0.2, 0.25) is 0 Å². The fourth-order valence-electron chi connectivity index (χ4n) is 5.13. The molecule has 1 saturated heterocycles. The van der Waals surface area contributed by atoms with Crippen molar-refractivity contribution in [2.24, 2.45) is 0 Å². The van der Waals surface area contributed by atoms with Gasteiger partial charge in [-0.2, -0.15) is 0 Å². The predicted molar refractivity (Wildman–Crippen MR) is 161 cm³/mol. The summed E-state index contributed by atoms with van der Waals surface area (Å²) in [5, 5.41) is 21.7. The van der Waals surface area contributed by atoms with Crippen LogP contribution in [0, 0.1) is 0 Å². The Morgan fingerprint density at radius 1 is 0.447 bits per heavy atom. The molecule has 0 amide bonds. The zero-order valence-electron chi connectivity index (χ0n) is 23.2. The molecule has 2 aromatic carbocycles. The lowest BCUT2D eigenvalue weighted by atomic mass is 10.1. The molecule has 0 unspecified atom stereocenters. The van der Waals surface area contributed by atoms with Gasteiger partial charge in [-0.05, 0) is 61.3 Å². The number of hydrogen-bond donors (Lipinski definition) is 6. The molecule has 5 rings (SSSR count). The Kier molecular flexibility index (Phi) is 13.2. The summed E-state index contributed by atoms with van der Waals surface area (Å²) in [5.41, 5.74) is 5.22. The Balaban J connectivity index is 1.36. The second-order valence-electron chi connectivity index (χ2n) is 10.5. The largest absolute Gasteiger partial charge is 0.385 e. The fourth-order valence-corrected chi connectivity index (χ4v) is 5.13.